The second-order valence-electron chi connectivity index (χ2n) is 22.6. The number of ether oxygens (including phenoxy) is 8. The van der Waals surface area contributed by atoms with Gasteiger partial charge in [0.15, 0.2) is 30.9 Å². The Balaban J connectivity index is 0.982. The zero-order chi connectivity index (χ0) is 46.3. The summed E-state index contributed by atoms with van der Waals surface area (Å²) in [7, 11) is 0. The van der Waals surface area contributed by atoms with Gasteiger partial charge in [0.05, 0.1) is 37.6 Å². The molecule has 5 heterocycles. The summed E-state index contributed by atoms with van der Waals surface area (Å²) >= 11 is 0. The van der Waals surface area contributed by atoms with Crippen molar-refractivity contribution in [1.29, 1.82) is 0 Å². The summed E-state index contributed by atoms with van der Waals surface area (Å²) in [6.45, 7) is 14.5. The van der Waals surface area contributed by atoms with E-state index >= 15 is 0 Å². The van der Waals surface area contributed by atoms with Gasteiger partial charge >= 0.3 is 0 Å². The van der Waals surface area contributed by atoms with Crippen LogP contribution in [0.5, 0.6) is 0 Å². The predicted octanol–water partition coefficient (Wildman–Crippen LogP) is -0.0758. The molecule has 366 valence electrons. The van der Waals surface area contributed by atoms with Gasteiger partial charge in [0.1, 0.15) is 61.0 Å². The van der Waals surface area contributed by atoms with Crippen molar-refractivity contribution in [1.82, 2.24) is 0 Å². The van der Waals surface area contributed by atoms with Gasteiger partial charge in [0.25, 0.3) is 0 Å². The maximum atomic E-state index is 12.2. The molecule has 9 rings (SSSR count). The van der Waals surface area contributed by atoms with Crippen LogP contribution in [0.1, 0.15) is 99.8 Å². The standard InChI is InChI=1S/C46H74O18/c1-20(2)14-21-15-44(7,56)36-22-8-9-26-42(5)12-11-27(41(3,4)25(42)10-13-43(26,6)45(22)18-46(36,64-21)57-19-45)60-40-35(62-38-31(52)29(50)24(17-48)59-38)34(33(54)37(55)63-40)61-39-32(53)30(51)28(49)23(16-47)58-39/h14,21-40,47-56H,8-13,15-19H2,1-7H3/t21-,22?,23+,24-,25?,26?,27-,28+,29-,30-,31+,32+,33-,34-,35+,36?,37-,38-,39-,40+,42-,43+,44-,45-,46-/m0/s1. The molecule has 2 spiro atoms. The van der Waals surface area contributed by atoms with Gasteiger partial charge in [-0.1, -0.05) is 39.3 Å². The fourth-order valence-corrected chi connectivity index (χ4v) is 15.6. The average Bonchev–Trinajstić information content (AvgIpc) is 3.84. The Morgan fingerprint density at radius 1 is 0.672 bits per heavy atom. The zero-order valence-electron chi connectivity index (χ0n) is 38.1. The second kappa shape index (κ2) is 16.6. The van der Waals surface area contributed by atoms with Crippen LogP contribution in [0.4, 0.5) is 0 Å². The highest BCUT2D eigenvalue weighted by Crippen LogP contribution is 2.80. The van der Waals surface area contributed by atoms with Crippen LogP contribution >= 0.6 is 0 Å². The van der Waals surface area contributed by atoms with Gasteiger partial charge in [-0.25, -0.2) is 0 Å². The lowest BCUT2D eigenvalue weighted by Gasteiger charge is -2.70. The minimum absolute atomic E-state index is 0.100. The SMILES string of the molecule is CC(C)=C[C@H]1C[C@](C)(O)C2C3CCC4[C@@]5(C)CC[C@H](O[C@@H]6O[C@H](O)[C@@H](O)[C@H](O[C@@H]7O[C@H](CO)[C@@H](O)[C@H](O)[C@H]7O)[C@H]6O[C@@H]6O[C@@H](CO)[C@H](O)[C@H]6O)C(C)(C)C5CC[C@@]4(C)[C@@]34CO[C@@]2(C4)O1. The first kappa shape index (κ1) is 48.1. The first-order valence-electron chi connectivity index (χ1n) is 23.6. The molecule has 0 aromatic rings. The zero-order valence-corrected chi connectivity index (χ0v) is 38.1. The Morgan fingerprint density at radius 2 is 1.30 bits per heavy atom. The molecule has 0 radical (unpaired) electrons. The monoisotopic (exact) mass is 914 g/mol. The lowest BCUT2D eigenvalue weighted by atomic mass is 9.35. The van der Waals surface area contributed by atoms with Gasteiger partial charge in [0, 0.05) is 24.2 Å². The minimum atomic E-state index is -1.93. The lowest BCUT2D eigenvalue weighted by molar-refractivity contribution is -0.405. The molecule has 4 unspecified atom stereocenters. The third-order valence-corrected chi connectivity index (χ3v) is 18.5. The molecule has 5 saturated heterocycles. The first-order valence-corrected chi connectivity index (χ1v) is 23.6. The van der Waals surface area contributed by atoms with Crippen molar-refractivity contribution >= 4 is 0 Å². The molecule has 4 aliphatic carbocycles. The van der Waals surface area contributed by atoms with Crippen LogP contribution in [0.25, 0.3) is 0 Å². The summed E-state index contributed by atoms with van der Waals surface area (Å²) in [5.41, 5.74) is -0.704. The van der Waals surface area contributed by atoms with Crippen molar-refractivity contribution in [2.75, 3.05) is 19.8 Å². The Labute approximate surface area is 374 Å². The molecule has 10 N–H and O–H groups in total. The molecule has 18 heteroatoms. The van der Waals surface area contributed by atoms with E-state index in [-0.39, 0.29) is 40.1 Å². The van der Waals surface area contributed by atoms with Crippen molar-refractivity contribution in [3.63, 3.8) is 0 Å². The van der Waals surface area contributed by atoms with Gasteiger partial charge in [-0.15, -0.1) is 0 Å². The second-order valence-corrected chi connectivity index (χ2v) is 22.6. The van der Waals surface area contributed by atoms with E-state index in [4.69, 9.17) is 37.9 Å². The summed E-state index contributed by atoms with van der Waals surface area (Å²) < 4.78 is 50.1. The number of aliphatic hydroxyl groups excluding tert-OH is 9. The number of aliphatic hydroxyl groups is 10. The Bertz CT molecular complexity index is 1740. The average molecular weight is 915 g/mol. The van der Waals surface area contributed by atoms with Gasteiger partial charge in [0.2, 0.25) is 0 Å². The molecule has 2 bridgehead atoms. The molecular formula is C46H74O18. The van der Waals surface area contributed by atoms with E-state index in [1.54, 1.807) is 0 Å². The number of fused-ring (bicyclic) bond motifs is 4. The minimum Gasteiger partial charge on any atom is -0.394 e. The highest BCUT2D eigenvalue weighted by molar-refractivity contribution is 5.26. The largest absolute Gasteiger partial charge is 0.394 e. The maximum absolute atomic E-state index is 12.2. The van der Waals surface area contributed by atoms with Crippen molar-refractivity contribution in [3.05, 3.63) is 11.6 Å². The van der Waals surface area contributed by atoms with Gasteiger partial charge in [-0.05, 0) is 93.3 Å². The number of hydrogen-bond acceptors (Lipinski definition) is 18. The predicted molar refractivity (Wildman–Crippen MR) is 220 cm³/mol. The van der Waals surface area contributed by atoms with E-state index in [9.17, 15) is 51.1 Å². The molecule has 18 nitrogen and oxygen atoms in total. The van der Waals surface area contributed by atoms with E-state index in [0.717, 1.165) is 44.1 Å². The molecule has 0 aromatic carbocycles. The first-order chi connectivity index (χ1) is 30.0. The quantitative estimate of drug-likeness (QED) is 0.107. The van der Waals surface area contributed by atoms with Gasteiger partial charge < -0.3 is 89.0 Å². The van der Waals surface area contributed by atoms with Crippen LogP contribution in [0.3, 0.4) is 0 Å². The highest BCUT2D eigenvalue weighted by Gasteiger charge is 2.81. The summed E-state index contributed by atoms with van der Waals surface area (Å²) in [4.78, 5) is 0. The summed E-state index contributed by atoms with van der Waals surface area (Å²) in [6, 6.07) is 0. The smallest absolute Gasteiger partial charge is 0.190 e. The van der Waals surface area contributed by atoms with E-state index in [0.29, 0.717) is 25.4 Å². The van der Waals surface area contributed by atoms with Crippen LogP contribution in [-0.4, -0.2) is 181 Å². The molecule has 4 saturated carbocycles. The van der Waals surface area contributed by atoms with E-state index < -0.39 is 122 Å². The summed E-state index contributed by atoms with van der Waals surface area (Å²) in [5.74, 6) is -0.210. The Kier molecular flexibility index (Phi) is 12.4. The van der Waals surface area contributed by atoms with Crippen LogP contribution < -0.4 is 0 Å². The number of rotatable bonds is 9. The van der Waals surface area contributed by atoms with Crippen LogP contribution in [0.15, 0.2) is 11.6 Å². The Hall–Kier alpha value is -0.980. The molecule has 9 fully saturated rings. The van der Waals surface area contributed by atoms with E-state index in [1.165, 1.54) is 0 Å². The summed E-state index contributed by atoms with van der Waals surface area (Å²) in [5, 5.41) is 108. The van der Waals surface area contributed by atoms with Gasteiger partial charge in [-0.3, -0.25) is 0 Å². The molecule has 9 aliphatic rings. The topological polar surface area (TPSA) is 276 Å². The normalized spacial score (nSPS) is 57.6. The lowest BCUT2D eigenvalue weighted by Crippen LogP contribution is -2.68. The maximum Gasteiger partial charge on any atom is 0.190 e. The highest BCUT2D eigenvalue weighted by atomic mass is 16.8. The third-order valence-electron chi connectivity index (χ3n) is 18.5. The van der Waals surface area contributed by atoms with Crippen molar-refractivity contribution in [3.8, 4) is 0 Å². The van der Waals surface area contributed by atoms with Crippen molar-refractivity contribution < 1.29 is 89.0 Å². The fraction of sp³-hybridized carbons (Fsp3) is 0.957. The molecule has 0 amide bonds. The molecule has 5 aliphatic heterocycles. The van der Waals surface area contributed by atoms with Crippen molar-refractivity contribution in [2.45, 2.75) is 210 Å². The van der Waals surface area contributed by atoms with Crippen molar-refractivity contribution in [2.24, 2.45) is 45.3 Å². The molecule has 25 atom stereocenters. The number of hydrogen-bond donors (Lipinski definition) is 10. The third kappa shape index (κ3) is 7.09. The van der Waals surface area contributed by atoms with Gasteiger partial charge in [-0.2, -0.15) is 0 Å². The summed E-state index contributed by atoms with van der Waals surface area (Å²) in [6.07, 6.45) is -15.3. The van der Waals surface area contributed by atoms with Crippen LogP contribution in [-0.2, 0) is 37.9 Å². The van der Waals surface area contributed by atoms with E-state index in [1.807, 2.05) is 6.92 Å². The van der Waals surface area contributed by atoms with E-state index in [2.05, 4.69) is 47.6 Å². The van der Waals surface area contributed by atoms with Crippen LogP contribution in [0, 0.1) is 45.3 Å². The molecule has 0 aromatic heterocycles. The van der Waals surface area contributed by atoms with Crippen LogP contribution in [0.2, 0.25) is 0 Å². The molecular weight excluding hydrogens is 840 g/mol. The fourth-order valence-electron chi connectivity index (χ4n) is 15.6. The molecule has 64 heavy (non-hydrogen) atoms. The number of allylic oxidation sites excluding steroid dienone is 1. The Morgan fingerprint density at radius 3 is 1.94 bits per heavy atom.